The molecule has 0 aliphatic heterocycles. The first-order valence-corrected chi connectivity index (χ1v) is 8.41. The van der Waals surface area contributed by atoms with Crippen LogP contribution in [0.25, 0.3) is 0 Å². The number of aryl methyl sites for hydroxylation is 1. The first-order valence-electron chi connectivity index (χ1n) is 7.28. The van der Waals surface area contributed by atoms with Crippen molar-refractivity contribution >= 4 is 21.6 Å². The van der Waals surface area contributed by atoms with E-state index in [2.05, 4.69) is 46.0 Å². The zero-order chi connectivity index (χ0) is 14.8. The van der Waals surface area contributed by atoms with E-state index in [1.807, 2.05) is 13.8 Å². The maximum absolute atomic E-state index is 5.49. The normalized spacial score (nSPS) is 10.8. The molecular weight excluding hydrogens is 318 g/mol. The Bertz CT molecular complexity index is 375. The SMILES string of the molecule is CCOCCN(CCOCC)c1ccc(CBr)cc1C. The molecule has 0 fully saturated rings. The molecule has 1 aromatic carbocycles. The highest BCUT2D eigenvalue weighted by Gasteiger charge is 2.09. The van der Waals surface area contributed by atoms with Gasteiger partial charge in [0.25, 0.3) is 0 Å². The van der Waals surface area contributed by atoms with Gasteiger partial charge in [-0.05, 0) is 38.0 Å². The number of alkyl halides is 1. The fraction of sp³-hybridized carbons (Fsp3) is 0.625. The van der Waals surface area contributed by atoms with Gasteiger partial charge < -0.3 is 14.4 Å². The second kappa shape index (κ2) is 10.2. The third kappa shape index (κ3) is 5.81. The predicted molar refractivity (Wildman–Crippen MR) is 89.0 cm³/mol. The Kier molecular flexibility index (Phi) is 8.90. The third-order valence-electron chi connectivity index (χ3n) is 3.18. The van der Waals surface area contributed by atoms with Crippen molar-refractivity contribution in [1.82, 2.24) is 0 Å². The minimum absolute atomic E-state index is 0.752. The van der Waals surface area contributed by atoms with Crippen molar-refractivity contribution in [3.8, 4) is 0 Å². The molecule has 0 bridgehead atoms. The first kappa shape index (κ1) is 17.5. The molecule has 0 aliphatic carbocycles. The van der Waals surface area contributed by atoms with E-state index in [1.54, 1.807) is 0 Å². The van der Waals surface area contributed by atoms with Crippen molar-refractivity contribution in [3.05, 3.63) is 29.3 Å². The molecule has 0 spiro atoms. The Balaban J connectivity index is 2.73. The minimum Gasteiger partial charge on any atom is -0.380 e. The summed E-state index contributed by atoms with van der Waals surface area (Å²) in [4.78, 5) is 2.35. The lowest BCUT2D eigenvalue weighted by molar-refractivity contribution is 0.141. The third-order valence-corrected chi connectivity index (χ3v) is 3.82. The molecule has 0 atom stereocenters. The summed E-state index contributed by atoms with van der Waals surface area (Å²) in [5, 5.41) is 0.895. The van der Waals surface area contributed by atoms with E-state index in [0.29, 0.717) is 0 Å². The van der Waals surface area contributed by atoms with Gasteiger partial charge in [0.15, 0.2) is 0 Å². The van der Waals surface area contributed by atoms with Crippen molar-refractivity contribution in [2.75, 3.05) is 44.4 Å². The second-order valence-corrected chi connectivity index (χ2v) is 5.20. The zero-order valence-corrected chi connectivity index (χ0v) is 14.4. The fourth-order valence-electron chi connectivity index (χ4n) is 2.15. The molecule has 0 saturated heterocycles. The lowest BCUT2D eigenvalue weighted by Gasteiger charge is -2.26. The highest BCUT2D eigenvalue weighted by atomic mass is 79.9. The summed E-state index contributed by atoms with van der Waals surface area (Å²) in [7, 11) is 0. The topological polar surface area (TPSA) is 21.7 Å². The summed E-state index contributed by atoms with van der Waals surface area (Å²) >= 11 is 3.50. The van der Waals surface area contributed by atoms with Gasteiger partial charge >= 0.3 is 0 Å². The molecule has 0 aliphatic rings. The molecule has 20 heavy (non-hydrogen) atoms. The van der Waals surface area contributed by atoms with Crippen molar-refractivity contribution in [2.24, 2.45) is 0 Å². The molecule has 1 rings (SSSR count). The lowest BCUT2D eigenvalue weighted by Crippen LogP contribution is -2.31. The van der Waals surface area contributed by atoms with Crippen LogP contribution in [-0.4, -0.2) is 39.5 Å². The largest absolute Gasteiger partial charge is 0.380 e. The number of ether oxygens (including phenoxy) is 2. The highest BCUT2D eigenvalue weighted by molar-refractivity contribution is 9.08. The van der Waals surface area contributed by atoms with E-state index in [9.17, 15) is 0 Å². The summed E-state index contributed by atoms with van der Waals surface area (Å²) < 4.78 is 11.0. The molecule has 0 radical (unpaired) electrons. The Labute approximate surface area is 131 Å². The van der Waals surface area contributed by atoms with Crippen molar-refractivity contribution in [1.29, 1.82) is 0 Å². The molecule has 0 heterocycles. The first-order chi connectivity index (χ1) is 9.72. The second-order valence-electron chi connectivity index (χ2n) is 4.64. The molecular formula is C16H26BrNO2. The van der Waals surface area contributed by atoms with Gasteiger partial charge in [0.05, 0.1) is 13.2 Å². The molecule has 114 valence electrons. The number of hydrogen-bond donors (Lipinski definition) is 0. The van der Waals surface area contributed by atoms with Crippen LogP contribution in [0.15, 0.2) is 18.2 Å². The molecule has 0 N–H and O–H groups in total. The van der Waals surface area contributed by atoms with Crippen LogP contribution in [0.4, 0.5) is 5.69 Å². The highest BCUT2D eigenvalue weighted by Crippen LogP contribution is 2.22. The summed E-state index contributed by atoms with van der Waals surface area (Å²) in [6, 6.07) is 6.60. The van der Waals surface area contributed by atoms with Gasteiger partial charge in [-0.1, -0.05) is 28.1 Å². The number of nitrogens with zero attached hydrogens (tertiary/aromatic N) is 1. The summed E-state index contributed by atoms with van der Waals surface area (Å²) in [5.41, 5.74) is 3.88. The van der Waals surface area contributed by atoms with Crippen LogP contribution in [-0.2, 0) is 14.8 Å². The van der Waals surface area contributed by atoms with Gasteiger partial charge in [-0.3, -0.25) is 0 Å². The monoisotopic (exact) mass is 343 g/mol. The van der Waals surface area contributed by atoms with E-state index >= 15 is 0 Å². The van der Waals surface area contributed by atoms with E-state index in [0.717, 1.165) is 44.8 Å². The van der Waals surface area contributed by atoms with Crippen molar-refractivity contribution < 1.29 is 9.47 Å². The number of anilines is 1. The molecule has 4 heteroatoms. The summed E-state index contributed by atoms with van der Waals surface area (Å²) in [6.45, 7) is 11.0. The van der Waals surface area contributed by atoms with Gasteiger partial charge in [-0.2, -0.15) is 0 Å². The van der Waals surface area contributed by atoms with Gasteiger partial charge in [0.1, 0.15) is 0 Å². The molecule has 0 unspecified atom stereocenters. The minimum atomic E-state index is 0.752. The maximum atomic E-state index is 5.49. The Morgan fingerprint density at radius 2 is 1.65 bits per heavy atom. The number of halogens is 1. The maximum Gasteiger partial charge on any atom is 0.0641 e. The average Bonchev–Trinajstić information content (AvgIpc) is 2.46. The Hall–Kier alpha value is -0.580. The van der Waals surface area contributed by atoms with Crippen LogP contribution in [0.1, 0.15) is 25.0 Å². The molecule has 3 nitrogen and oxygen atoms in total. The predicted octanol–water partition coefficient (Wildman–Crippen LogP) is 3.77. The van der Waals surface area contributed by atoms with Crippen LogP contribution >= 0.6 is 15.9 Å². The van der Waals surface area contributed by atoms with Crippen molar-refractivity contribution in [2.45, 2.75) is 26.1 Å². The Morgan fingerprint density at radius 1 is 1.05 bits per heavy atom. The van der Waals surface area contributed by atoms with E-state index in [4.69, 9.17) is 9.47 Å². The van der Waals surface area contributed by atoms with E-state index in [1.165, 1.54) is 16.8 Å². The van der Waals surface area contributed by atoms with Crippen LogP contribution in [0.5, 0.6) is 0 Å². The van der Waals surface area contributed by atoms with Gasteiger partial charge in [0.2, 0.25) is 0 Å². The zero-order valence-electron chi connectivity index (χ0n) is 12.8. The van der Waals surface area contributed by atoms with Crippen LogP contribution < -0.4 is 4.90 Å². The smallest absolute Gasteiger partial charge is 0.0641 e. The number of benzene rings is 1. The van der Waals surface area contributed by atoms with Crippen molar-refractivity contribution in [3.63, 3.8) is 0 Å². The number of rotatable bonds is 10. The van der Waals surface area contributed by atoms with E-state index < -0.39 is 0 Å². The quantitative estimate of drug-likeness (QED) is 0.476. The van der Waals surface area contributed by atoms with Crippen LogP contribution in [0.3, 0.4) is 0 Å². The lowest BCUT2D eigenvalue weighted by atomic mass is 10.1. The van der Waals surface area contributed by atoms with E-state index in [-0.39, 0.29) is 0 Å². The summed E-state index contributed by atoms with van der Waals surface area (Å²) in [6.07, 6.45) is 0. The average molecular weight is 344 g/mol. The summed E-state index contributed by atoms with van der Waals surface area (Å²) in [5.74, 6) is 0. The van der Waals surface area contributed by atoms with Crippen LogP contribution in [0.2, 0.25) is 0 Å². The molecule has 0 amide bonds. The number of hydrogen-bond acceptors (Lipinski definition) is 3. The van der Waals surface area contributed by atoms with Crippen LogP contribution in [0, 0.1) is 6.92 Å². The standard InChI is InChI=1S/C16H26BrNO2/c1-4-19-10-8-18(9-11-20-5-2)16-7-6-15(13-17)12-14(16)3/h6-7,12H,4-5,8-11,13H2,1-3H3. The molecule has 0 aromatic heterocycles. The molecule has 1 aromatic rings. The fourth-order valence-corrected chi connectivity index (χ4v) is 2.50. The Morgan fingerprint density at radius 3 is 2.10 bits per heavy atom. The molecule has 0 saturated carbocycles. The van der Waals surface area contributed by atoms with Gasteiger partial charge in [0, 0.05) is 37.3 Å². The van der Waals surface area contributed by atoms with Gasteiger partial charge in [-0.25, -0.2) is 0 Å². The van der Waals surface area contributed by atoms with Gasteiger partial charge in [-0.15, -0.1) is 0 Å².